The molecule has 21 heavy (non-hydrogen) atoms. The fourth-order valence-corrected chi connectivity index (χ4v) is 1.78. The molecule has 0 spiro atoms. The molecule has 0 radical (unpaired) electrons. The van der Waals surface area contributed by atoms with Crippen molar-refractivity contribution in [2.75, 3.05) is 13.7 Å². The summed E-state index contributed by atoms with van der Waals surface area (Å²) < 4.78 is 0. The Morgan fingerprint density at radius 1 is 1.48 bits per heavy atom. The van der Waals surface area contributed by atoms with E-state index in [1.807, 2.05) is 19.9 Å². The van der Waals surface area contributed by atoms with Crippen LogP contribution in [0.2, 0.25) is 0 Å². The second-order valence-corrected chi connectivity index (χ2v) is 4.93. The van der Waals surface area contributed by atoms with Crippen LogP contribution in [0.1, 0.15) is 41.3 Å². The Morgan fingerprint density at radius 2 is 2.19 bits per heavy atom. The standard InChI is InChI=1S/C17H20N2O2/c1-13-7-8-16(12-15(13)6-4-5-11-20)17(21)19(3)14(2)9-10-18/h7-8,12,14,20H,5,9,11H2,1-3H3. The molecule has 1 unspecified atom stereocenters. The monoisotopic (exact) mass is 284 g/mol. The molecule has 0 bridgehead atoms. The number of amides is 1. The van der Waals surface area contributed by atoms with Gasteiger partial charge in [0.05, 0.1) is 19.1 Å². The highest BCUT2D eigenvalue weighted by atomic mass is 16.2. The summed E-state index contributed by atoms with van der Waals surface area (Å²) in [6.45, 7) is 3.80. The molecule has 1 aromatic rings. The Morgan fingerprint density at radius 3 is 2.81 bits per heavy atom. The predicted octanol–water partition coefficient (Wildman–Crippen LogP) is 2.10. The average Bonchev–Trinajstić information content (AvgIpc) is 2.48. The van der Waals surface area contributed by atoms with Crippen molar-refractivity contribution in [1.29, 1.82) is 5.26 Å². The summed E-state index contributed by atoms with van der Waals surface area (Å²) in [6, 6.07) is 7.33. The van der Waals surface area contributed by atoms with E-state index in [4.69, 9.17) is 10.4 Å². The zero-order chi connectivity index (χ0) is 15.8. The van der Waals surface area contributed by atoms with Gasteiger partial charge in [0.2, 0.25) is 0 Å². The molecule has 1 amide bonds. The maximum absolute atomic E-state index is 12.4. The summed E-state index contributed by atoms with van der Waals surface area (Å²) in [5.74, 6) is 5.71. The van der Waals surface area contributed by atoms with E-state index in [1.165, 1.54) is 0 Å². The van der Waals surface area contributed by atoms with Gasteiger partial charge in [-0.25, -0.2) is 0 Å². The molecule has 110 valence electrons. The minimum absolute atomic E-state index is 0.0269. The first-order valence-corrected chi connectivity index (χ1v) is 6.85. The van der Waals surface area contributed by atoms with Gasteiger partial charge in [-0.3, -0.25) is 4.79 Å². The summed E-state index contributed by atoms with van der Waals surface area (Å²) in [7, 11) is 1.70. The van der Waals surface area contributed by atoms with Crippen LogP contribution in [0.5, 0.6) is 0 Å². The summed E-state index contributed by atoms with van der Waals surface area (Å²) >= 11 is 0. The normalized spacial score (nSPS) is 11.0. The number of nitriles is 1. The minimum atomic E-state index is -0.132. The third-order valence-corrected chi connectivity index (χ3v) is 3.31. The van der Waals surface area contributed by atoms with E-state index in [-0.39, 0.29) is 18.6 Å². The molecule has 1 aromatic carbocycles. The van der Waals surface area contributed by atoms with Gasteiger partial charge >= 0.3 is 0 Å². The third-order valence-electron chi connectivity index (χ3n) is 3.31. The number of hydrogen-bond acceptors (Lipinski definition) is 3. The topological polar surface area (TPSA) is 64.3 Å². The zero-order valence-corrected chi connectivity index (χ0v) is 12.7. The predicted molar refractivity (Wildman–Crippen MR) is 81.5 cm³/mol. The van der Waals surface area contributed by atoms with Gasteiger partial charge in [-0.1, -0.05) is 17.9 Å². The van der Waals surface area contributed by atoms with E-state index in [0.717, 1.165) is 11.1 Å². The third kappa shape index (κ3) is 4.63. The summed E-state index contributed by atoms with van der Waals surface area (Å²) in [5.41, 5.74) is 2.33. The van der Waals surface area contributed by atoms with Crippen molar-refractivity contribution in [2.24, 2.45) is 0 Å². The number of nitrogens with zero attached hydrogens (tertiary/aromatic N) is 2. The Kier molecular flexibility index (Phi) is 6.46. The lowest BCUT2D eigenvalue weighted by Crippen LogP contribution is -2.34. The summed E-state index contributed by atoms with van der Waals surface area (Å²) in [6.07, 6.45) is 0.716. The molecule has 1 rings (SSSR count). The highest BCUT2D eigenvalue weighted by Crippen LogP contribution is 2.14. The fraction of sp³-hybridized carbons (Fsp3) is 0.412. The highest BCUT2D eigenvalue weighted by Gasteiger charge is 2.17. The van der Waals surface area contributed by atoms with Gasteiger partial charge in [0, 0.05) is 30.6 Å². The highest BCUT2D eigenvalue weighted by molar-refractivity contribution is 5.94. The summed E-state index contributed by atoms with van der Waals surface area (Å²) in [5, 5.41) is 17.5. The number of aryl methyl sites for hydroxylation is 1. The minimum Gasteiger partial charge on any atom is -0.395 e. The first-order valence-electron chi connectivity index (χ1n) is 6.85. The molecule has 0 heterocycles. The maximum Gasteiger partial charge on any atom is 0.253 e. The van der Waals surface area contributed by atoms with Crippen molar-refractivity contribution in [3.05, 3.63) is 34.9 Å². The Bertz CT molecular complexity index is 605. The first-order chi connectivity index (χ1) is 10.0. The van der Waals surface area contributed by atoms with E-state index in [0.29, 0.717) is 18.4 Å². The molecule has 0 aliphatic rings. The lowest BCUT2D eigenvalue weighted by Gasteiger charge is -2.23. The van der Waals surface area contributed by atoms with Gasteiger partial charge in [-0.05, 0) is 31.5 Å². The number of carbonyl (C=O) groups excluding carboxylic acids is 1. The molecular formula is C17H20N2O2. The zero-order valence-electron chi connectivity index (χ0n) is 12.7. The van der Waals surface area contributed by atoms with Gasteiger partial charge in [0.25, 0.3) is 5.91 Å². The van der Waals surface area contributed by atoms with Crippen LogP contribution in [-0.2, 0) is 0 Å². The smallest absolute Gasteiger partial charge is 0.253 e. The molecule has 0 saturated heterocycles. The lowest BCUT2D eigenvalue weighted by atomic mass is 10.0. The van der Waals surface area contributed by atoms with Crippen LogP contribution in [0.3, 0.4) is 0 Å². The average molecular weight is 284 g/mol. The van der Waals surface area contributed by atoms with Crippen molar-refractivity contribution >= 4 is 5.91 Å². The van der Waals surface area contributed by atoms with Crippen LogP contribution < -0.4 is 0 Å². The Balaban J connectivity index is 2.99. The molecule has 1 N–H and O–H groups in total. The van der Waals surface area contributed by atoms with Crippen LogP contribution >= 0.6 is 0 Å². The molecule has 0 aliphatic carbocycles. The van der Waals surface area contributed by atoms with Crippen molar-refractivity contribution in [1.82, 2.24) is 4.90 Å². The number of carbonyl (C=O) groups is 1. The maximum atomic E-state index is 12.4. The number of hydrogen-bond donors (Lipinski definition) is 1. The Labute approximate surface area is 126 Å². The molecule has 0 saturated carbocycles. The lowest BCUT2D eigenvalue weighted by molar-refractivity contribution is 0.0746. The van der Waals surface area contributed by atoms with E-state index in [1.54, 1.807) is 24.1 Å². The molecule has 1 atom stereocenters. The molecule has 0 fully saturated rings. The van der Waals surface area contributed by atoms with Gasteiger partial charge < -0.3 is 10.0 Å². The molecule has 4 heteroatoms. The molecule has 4 nitrogen and oxygen atoms in total. The number of aliphatic hydroxyl groups excluding tert-OH is 1. The molecular weight excluding hydrogens is 264 g/mol. The van der Waals surface area contributed by atoms with Crippen LogP contribution in [-0.4, -0.2) is 35.6 Å². The molecule has 0 aromatic heterocycles. The number of rotatable bonds is 4. The quantitative estimate of drug-likeness (QED) is 0.861. The van der Waals surface area contributed by atoms with Crippen molar-refractivity contribution in [3.8, 4) is 17.9 Å². The van der Waals surface area contributed by atoms with Gasteiger partial charge in [-0.2, -0.15) is 5.26 Å². The largest absolute Gasteiger partial charge is 0.395 e. The van der Waals surface area contributed by atoms with Crippen LogP contribution in [0.4, 0.5) is 0 Å². The molecule has 0 aliphatic heterocycles. The second kappa shape index (κ2) is 8.09. The van der Waals surface area contributed by atoms with Crippen molar-refractivity contribution in [2.45, 2.75) is 32.7 Å². The van der Waals surface area contributed by atoms with Crippen LogP contribution in [0.15, 0.2) is 18.2 Å². The van der Waals surface area contributed by atoms with Crippen molar-refractivity contribution in [3.63, 3.8) is 0 Å². The van der Waals surface area contributed by atoms with E-state index in [9.17, 15) is 4.79 Å². The van der Waals surface area contributed by atoms with Crippen molar-refractivity contribution < 1.29 is 9.90 Å². The van der Waals surface area contributed by atoms with Crippen LogP contribution in [0, 0.1) is 30.1 Å². The number of aliphatic hydroxyl groups is 1. The SMILES string of the molecule is Cc1ccc(C(=O)N(C)C(C)CC#N)cc1C#CCCO. The first kappa shape index (κ1) is 16.8. The van der Waals surface area contributed by atoms with Gasteiger partial charge in [-0.15, -0.1) is 0 Å². The summed E-state index contributed by atoms with van der Waals surface area (Å²) in [4.78, 5) is 14.0. The Hall–Kier alpha value is -2.30. The van der Waals surface area contributed by atoms with E-state index < -0.39 is 0 Å². The second-order valence-electron chi connectivity index (χ2n) is 4.93. The van der Waals surface area contributed by atoms with E-state index in [2.05, 4.69) is 17.9 Å². The fourth-order valence-electron chi connectivity index (χ4n) is 1.78. The van der Waals surface area contributed by atoms with E-state index >= 15 is 0 Å². The number of benzene rings is 1. The van der Waals surface area contributed by atoms with Gasteiger partial charge in [0.1, 0.15) is 0 Å². The van der Waals surface area contributed by atoms with Gasteiger partial charge in [0.15, 0.2) is 0 Å². The van der Waals surface area contributed by atoms with Crippen LogP contribution in [0.25, 0.3) is 0 Å².